The third-order valence-electron chi connectivity index (χ3n) is 4.72. The van der Waals surface area contributed by atoms with E-state index in [2.05, 4.69) is 10.2 Å². The first-order valence-corrected chi connectivity index (χ1v) is 9.56. The molecule has 2 aromatic carbocycles. The lowest BCUT2D eigenvalue weighted by molar-refractivity contribution is -0.384. The number of carbonyl (C=O) groups is 1. The van der Waals surface area contributed by atoms with Crippen molar-refractivity contribution in [2.24, 2.45) is 0 Å². The fourth-order valence-electron chi connectivity index (χ4n) is 3.16. The van der Waals surface area contributed by atoms with Crippen LogP contribution < -0.4 is 10.1 Å². The smallest absolute Gasteiger partial charge is 0.271 e. The monoisotopic (exact) mass is 419 g/mol. The number of benzene rings is 2. The number of nitro benzene ring substituents is 1. The van der Waals surface area contributed by atoms with Crippen molar-refractivity contribution in [3.05, 3.63) is 63.2 Å². The van der Waals surface area contributed by atoms with E-state index in [9.17, 15) is 14.9 Å². The van der Waals surface area contributed by atoms with Crippen LogP contribution in [0.25, 0.3) is 0 Å². The molecule has 2 aromatic rings. The lowest BCUT2D eigenvalue weighted by Gasteiger charge is -2.33. The predicted octanol–water partition coefficient (Wildman–Crippen LogP) is 3.66. The number of nitrogens with one attached hydrogen (secondary N) is 1. The molecular weight excluding hydrogens is 398 g/mol. The average Bonchev–Trinajstić information content (AvgIpc) is 2.73. The maximum absolute atomic E-state index is 12.4. The molecule has 1 heterocycles. The van der Waals surface area contributed by atoms with Crippen molar-refractivity contribution in [1.82, 2.24) is 4.90 Å². The molecular formula is C20H22ClN3O5. The maximum atomic E-state index is 12.4. The van der Waals surface area contributed by atoms with Gasteiger partial charge in [0.15, 0.2) is 0 Å². The highest BCUT2D eigenvalue weighted by atomic mass is 35.5. The van der Waals surface area contributed by atoms with Gasteiger partial charge in [-0.3, -0.25) is 19.8 Å². The van der Waals surface area contributed by atoms with Gasteiger partial charge in [0.2, 0.25) is 5.91 Å². The van der Waals surface area contributed by atoms with E-state index in [4.69, 9.17) is 21.1 Å². The number of hydrogen-bond donors (Lipinski definition) is 1. The standard InChI is InChI=1S/C20H22ClN3O5/c1-28-18-7-6-16(24(26)27)12-17(18)22-20(25)8-9-23-10-11-29-19(13-23)14-2-4-15(21)5-3-14/h2-7,12,19H,8-11,13H2,1H3,(H,22,25)/t19-/m0/s1. The summed E-state index contributed by atoms with van der Waals surface area (Å²) < 4.78 is 11.0. The molecule has 0 spiro atoms. The predicted molar refractivity (Wildman–Crippen MR) is 109 cm³/mol. The lowest BCUT2D eigenvalue weighted by atomic mass is 10.1. The molecule has 154 valence electrons. The summed E-state index contributed by atoms with van der Waals surface area (Å²) in [5.41, 5.74) is 1.22. The van der Waals surface area contributed by atoms with Crippen LogP contribution in [-0.4, -0.2) is 49.1 Å². The zero-order chi connectivity index (χ0) is 20.8. The van der Waals surface area contributed by atoms with Crippen molar-refractivity contribution in [3.8, 4) is 5.75 Å². The summed E-state index contributed by atoms with van der Waals surface area (Å²) in [5, 5.41) is 14.3. The Hall–Kier alpha value is -2.68. The van der Waals surface area contributed by atoms with Crippen LogP contribution in [0.3, 0.4) is 0 Å². The van der Waals surface area contributed by atoms with E-state index in [1.54, 1.807) is 0 Å². The van der Waals surface area contributed by atoms with Crippen molar-refractivity contribution in [1.29, 1.82) is 0 Å². The van der Waals surface area contributed by atoms with Crippen LogP contribution in [0.4, 0.5) is 11.4 Å². The summed E-state index contributed by atoms with van der Waals surface area (Å²) >= 11 is 5.94. The fourth-order valence-corrected chi connectivity index (χ4v) is 3.29. The maximum Gasteiger partial charge on any atom is 0.271 e. The van der Waals surface area contributed by atoms with Gasteiger partial charge >= 0.3 is 0 Å². The Bertz CT molecular complexity index is 875. The molecule has 1 aliphatic rings. The van der Waals surface area contributed by atoms with E-state index in [0.717, 1.165) is 12.1 Å². The number of anilines is 1. The van der Waals surface area contributed by atoms with Crippen LogP contribution in [0.15, 0.2) is 42.5 Å². The van der Waals surface area contributed by atoms with Gasteiger partial charge in [0.25, 0.3) is 5.69 Å². The molecule has 1 amide bonds. The number of non-ortho nitro benzene ring substituents is 1. The molecule has 1 saturated heterocycles. The number of halogens is 1. The molecule has 0 unspecified atom stereocenters. The van der Waals surface area contributed by atoms with Crippen LogP contribution in [0.1, 0.15) is 18.1 Å². The molecule has 1 N–H and O–H groups in total. The van der Waals surface area contributed by atoms with Crippen LogP contribution in [-0.2, 0) is 9.53 Å². The molecule has 1 aliphatic heterocycles. The number of ether oxygens (including phenoxy) is 2. The minimum absolute atomic E-state index is 0.0686. The fraction of sp³-hybridized carbons (Fsp3) is 0.350. The highest BCUT2D eigenvalue weighted by Crippen LogP contribution is 2.29. The van der Waals surface area contributed by atoms with E-state index in [0.29, 0.717) is 30.5 Å². The number of rotatable bonds is 7. The first-order valence-electron chi connectivity index (χ1n) is 9.18. The molecule has 0 aliphatic carbocycles. The van der Waals surface area contributed by atoms with Crippen molar-refractivity contribution >= 4 is 28.9 Å². The van der Waals surface area contributed by atoms with Gasteiger partial charge in [0.1, 0.15) is 5.75 Å². The van der Waals surface area contributed by atoms with E-state index < -0.39 is 4.92 Å². The van der Waals surface area contributed by atoms with Crippen LogP contribution in [0, 0.1) is 10.1 Å². The zero-order valence-electron chi connectivity index (χ0n) is 16.0. The number of morpholine rings is 1. The van der Waals surface area contributed by atoms with Crippen molar-refractivity contribution in [2.45, 2.75) is 12.5 Å². The molecule has 8 nitrogen and oxygen atoms in total. The first-order chi connectivity index (χ1) is 14.0. The Balaban J connectivity index is 1.56. The van der Waals surface area contributed by atoms with Crippen LogP contribution in [0.2, 0.25) is 5.02 Å². The summed E-state index contributed by atoms with van der Waals surface area (Å²) in [7, 11) is 1.45. The topological polar surface area (TPSA) is 93.9 Å². The molecule has 0 aromatic heterocycles. The second-order valence-corrected chi connectivity index (χ2v) is 7.09. The Morgan fingerprint density at radius 3 is 2.79 bits per heavy atom. The Kier molecular flexibility index (Phi) is 7.03. The largest absolute Gasteiger partial charge is 0.495 e. The Labute approximate surface area is 173 Å². The van der Waals surface area contributed by atoms with Crippen molar-refractivity contribution in [3.63, 3.8) is 0 Å². The normalized spacial score (nSPS) is 17.0. The molecule has 1 atom stereocenters. The molecule has 0 radical (unpaired) electrons. The van der Waals surface area contributed by atoms with E-state index in [1.165, 1.54) is 25.3 Å². The summed E-state index contributed by atoms with van der Waals surface area (Å²) in [6.45, 7) is 2.54. The van der Waals surface area contributed by atoms with Crippen LogP contribution in [0.5, 0.6) is 5.75 Å². The minimum Gasteiger partial charge on any atom is -0.495 e. The van der Waals surface area contributed by atoms with Gasteiger partial charge < -0.3 is 14.8 Å². The van der Waals surface area contributed by atoms with Gasteiger partial charge in [0.05, 0.1) is 30.4 Å². The molecule has 0 bridgehead atoms. The number of carbonyl (C=O) groups excluding carboxylic acids is 1. The summed E-state index contributed by atoms with van der Waals surface area (Å²) in [6, 6.07) is 11.6. The molecule has 9 heteroatoms. The van der Waals surface area contributed by atoms with Crippen molar-refractivity contribution < 1.29 is 19.2 Å². The van der Waals surface area contributed by atoms with Gasteiger partial charge in [-0.15, -0.1) is 0 Å². The molecule has 3 rings (SSSR count). The van der Waals surface area contributed by atoms with Gasteiger partial charge in [0, 0.05) is 43.2 Å². The third kappa shape index (κ3) is 5.66. The van der Waals surface area contributed by atoms with Gasteiger partial charge in [-0.1, -0.05) is 23.7 Å². The number of amides is 1. The lowest BCUT2D eigenvalue weighted by Crippen LogP contribution is -2.39. The van der Waals surface area contributed by atoms with Crippen molar-refractivity contribution in [2.75, 3.05) is 38.7 Å². The van der Waals surface area contributed by atoms with Gasteiger partial charge in [-0.05, 0) is 23.8 Å². The zero-order valence-corrected chi connectivity index (χ0v) is 16.7. The van der Waals surface area contributed by atoms with E-state index in [-0.39, 0.29) is 29.8 Å². The number of nitro groups is 1. The minimum atomic E-state index is -0.514. The highest BCUT2D eigenvalue weighted by Gasteiger charge is 2.22. The van der Waals surface area contributed by atoms with Gasteiger partial charge in [-0.25, -0.2) is 0 Å². The average molecular weight is 420 g/mol. The van der Waals surface area contributed by atoms with E-state index in [1.807, 2.05) is 24.3 Å². The first kappa shape index (κ1) is 21.0. The number of nitrogens with zero attached hydrogens (tertiary/aromatic N) is 2. The Morgan fingerprint density at radius 2 is 2.10 bits per heavy atom. The highest BCUT2D eigenvalue weighted by molar-refractivity contribution is 6.30. The van der Waals surface area contributed by atoms with Gasteiger partial charge in [-0.2, -0.15) is 0 Å². The van der Waals surface area contributed by atoms with E-state index >= 15 is 0 Å². The number of methoxy groups -OCH3 is 1. The third-order valence-corrected chi connectivity index (χ3v) is 4.97. The second kappa shape index (κ2) is 9.69. The summed E-state index contributed by atoms with van der Waals surface area (Å²) in [6.07, 6.45) is 0.181. The second-order valence-electron chi connectivity index (χ2n) is 6.65. The summed E-state index contributed by atoms with van der Waals surface area (Å²) in [5.74, 6) is 0.136. The Morgan fingerprint density at radius 1 is 1.34 bits per heavy atom. The quantitative estimate of drug-likeness (QED) is 0.543. The SMILES string of the molecule is COc1ccc([N+](=O)[O-])cc1NC(=O)CCN1CCO[C@H](c2ccc(Cl)cc2)C1. The van der Waals surface area contributed by atoms with Crippen LogP contribution >= 0.6 is 11.6 Å². The number of hydrogen-bond acceptors (Lipinski definition) is 6. The molecule has 1 fully saturated rings. The summed E-state index contributed by atoms with van der Waals surface area (Å²) in [4.78, 5) is 25.0. The molecule has 29 heavy (non-hydrogen) atoms. The molecule has 0 saturated carbocycles.